The molecule has 0 unspecified atom stereocenters. The maximum absolute atomic E-state index is 13.3. The molecule has 0 spiro atoms. The summed E-state index contributed by atoms with van der Waals surface area (Å²) in [5, 5.41) is 3.29. The van der Waals surface area contributed by atoms with Crippen molar-refractivity contribution in [3.63, 3.8) is 0 Å². The third-order valence-corrected chi connectivity index (χ3v) is 9.05. The summed E-state index contributed by atoms with van der Waals surface area (Å²) in [4.78, 5) is 2.68. The average molecular weight is 449 g/mol. The molecule has 152 valence electrons. The van der Waals surface area contributed by atoms with Crippen LogP contribution in [0.25, 0.3) is 10.1 Å². The number of benzene rings is 2. The Labute approximate surface area is 179 Å². The van der Waals surface area contributed by atoms with E-state index in [1.165, 1.54) is 11.3 Å². The summed E-state index contributed by atoms with van der Waals surface area (Å²) in [5.74, 6) is 0. The smallest absolute Gasteiger partial charge is 0.244 e. The summed E-state index contributed by atoms with van der Waals surface area (Å²) in [7, 11) is -3.49. The molecule has 3 heterocycles. The van der Waals surface area contributed by atoms with Gasteiger partial charge in [-0.05, 0) is 37.1 Å². The molecular weight excluding hydrogens is 428 g/mol. The minimum atomic E-state index is -3.49. The highest BCUT2D eigenvalue weighted by Crippen LogP contribution is 2.35. The van der Waals surface area contributed by atoms with Crippen molar-refractivity contribution >= 4 is 48.7 Å². The molecule has 0 atom stereocenters. The van der Waals surface area contributed by atoms with Gasteiger partial charge in [0, 0.05) is 50.9 Å². The summed E-state index contributed by atoms with van der Waals surface area (Å²) < 4.78 is 34.9. The topological polar surface area (TPSA) is 49.9 Å². The molecule has 0 amide bonds. The first-order valence-electron chi connectivity index (χ1n) is 9.63. The number of piperidine rings is 1. The van der Waals surface area contributed by atoms with Gasteiger partial charge in [0.1, 0.15) is 11.6 Å². The van der Waals surface area contributed by atoms with Gasteiger partial charge in [-0.1, -0.05) is 29.8 Å². The molecule has 8 heteroatoms. The van der Waals surface area contributed by atoms with E-state index in [9.17, 15) is 8.42 Å². The Bertz CT molecular complexity index is 1150. The number of hydrogen-bond acceptors (Lipinski definition) is 5. The maximum Gasteiger partial charge on any atom is 0.244 e. The maximum atomic E-state index is 13.3. The van der Waals surface area contributed by atoms with Gasteiger partial charge in [0.05, 0.1) is 6.61 Å². The molecule has 1 aromatic heterocycles. The quantitative estimate of drug-likeness (QED) is 0.582. The molecule has 3 aromatic rings. The van der Waals surface area contributed by atoms with Gasteiger partial charge < -0.3 is 9.64 Å². The number of nitrogens with zero attached hydrogens (tertiary/aromatic N) is 2. The fraction of sp³-hybridized carbons (Fsp3) is 0.333. The van der Waals surface area contributed by atoms with Crippen LogP contribution < -0.4 is 4.90 Å². The van der Waals surface area contributed by atoms with Crippen molar-refractivity contribution in [1.82, 2.24) is 4.31 Å². The van der Waals surface area contributed by atoms with Gasteiger partial charge in [-0.2, -0.15) is 4.31 Å². The highest BCUT2D eigenvalue weighted by molar-refractivity contribution is 7.89. The van der Waals surface area contributed by atoms with Gasteiger partial charge in [0.25, 0.3) is 0 Å². The van der Waals surface area contributed by atoms with E-state index in [1.807, 2.05) is 42.5 Å². The Morgan fingerprint density at radius 3 is 2.72 bits per heavy atom. The molecule has 1 fully saturated rings. The average Bonchev–Trinajstić information content (AvgIpc) is 3.18. The van der Waals surface area contributed by atoms with Crippen molar-refractivity contribution in [2.45, 2.75) is 30.4 Å². The molecule has 0 N–H and O–H groups in total. The lowest BCUT2D eigenvalue weighted by Crippen LogP contribution is -2.48. The standard InChI is InChI=1S/C21H21ClN2O3S2/c22-16-5-6-19-15(11-16)12-27-14-24(19)17-7-9-23(10-8-17)29(25,26)21-13-28-20-4-2-1-3-18(20)21/h1-6,11,13,17H,7-10,12,14H2. The van der Waals surface area contributed by atoms with Gasteiger partial charge in [0.2, 0.25) is 10.0 Å². The number of anilines is 1. The molecule has 2 aliphatic heterocycles. The molecule has 1 saturated heterocycles. The number of ether oxygens (including phenoxy) is 1. The molecule has 0 radical (unpaired) electrons. The summed E-state index contributed by atoms with van der Waals surface area (Å²) in [5.41, 5.74) is 2.23. The Morgan fingerprint density at radius 1 is 1.10 bits per heavy atom. The van der Waals surface area contributed by atoms with Crippen molar-refractivity contribution in [3.8, 4) is 0 Å². The van der Waals surface area contributed by atoms with E-state index in [4.69, 9.17) is 16.3 Å². The lowest BCUT2D eigenvalue weighted by Gasteiger charge is -2.41. The number of fused-ring (bicyclic) bond motifs is 2. The minimum absolute atomic E-state index is 0.251. The van der Waals surface area contributed by atoms with Crippen molar-refractivity contribution < 1.29 is 13.2 Å². The second-order valence-corrected chi connectivity index (χ2v) is 10.7. The van der Waals surface area contributed by atoms with E-state index in [2.05, 4.69) is 4.90 Å². The zero-order valence-corrected chi connectivity index (χ0v) is 18.1. The second kappa shape index (κ2) is 7.56. The second-order valence-electron chi connectivity index (χ2n) is 7.45. The molecule has 0 saturated carbocycles. The fourth-order valence-corrected chi connectivity index (χ4v) is 7.40. The zero-order chi connectivity index (χ0) is 20.0. The van der Waals surface area contributed by atoms with Crippen LogP contribution in [0.2, 0.25) is 5.02 Å². The fourth-order valence-electron chi connectivity index (χ4n) is 4.26. The third-order valence-electron chi connectivity index (χ3n) is 5.77. The largest absolute Gasteiger partial charge is 0.356 e. The number of rotatable bonds is 3. The van der Waals surface area contributed by atoms with E-state index >= 15 is 0 Å². The first-order valence-corrected chi connectivity index (χ1v) is 12.3. The molecule has 0 aliphatic carbocycles. The Hall–Kier alpha value is -1.64. The molecule has 0 bridgehead atoms. The normalized spacial score (nSPS) is 18.9. The van der Waals surface area contributed by atoms with Crippen LogP contribution in [0.4, 0.5) is 5.69 Å². The number of halogens is 1. The zero-order valence-electron chi connectivity index (χ0n) is 15.8. The van der Waals surface area contributed by atoms with Gasteiger partial charge in [0.15, 0.2) is 0 Å². The Morgan fingerprint density at radius 2 is 1.90 bits per heavy atom. The Balaban J connectivity index is 1.35. The Kier molecular flexibility index (Phi) is 5.04. The molecule has 5 nitrogen and oxygen atoms in total. The van der Waals surface area contributed by atoms with Gasteiger partial charge in [-0.15, -0.1) is 11.3 Å². The molecule has 2 aromatic carbocycles. The summed E-state index contributed by atoms with van der Waals surface area (Å²) in [6.07, 6.45) is 1.54. The van der Waals surface area contributed by atoms with Crippen LogP contribution in [0.3, 0.4) is 0 Å². The van der Waals surface area contributed by atoms with Crippen molar-refractivity contribution in [1.29, 1.82) is 0 Å². The van der Waals surface area contributed by atoms with E-state index in [0.717, 1.165) is 34.2 Å². The SMILES string of the molecule is O=S(=O)(c1csc2ccccc12)N1CCC(N2COCc3cc(Cl)ccc32)CC1. The van der Waals surface area contributed by atoms with Crippen LogP contribution in [-0.4, -0.2) is 38.6 Å². The van der Waals surface area contributed by atoms with Crippen LogP contribution in [0.15, 0.2) is 52.7 Å². The molecular formula is C21H21ClN2O3S2. The molecule has 29 heavy (non-hydrogen) atoms. The first kappa shape index (κ1) is 19.3. The van der Waals surface area contributed by atoms with Crippen LogP contribution in [-0.2, 0) is 21.4 Å². The summed E-state index contributed by atoms with van der Waals surface area (Å²) in [6, 6.07) is 13.8. The van der Waals surface area contributed by atoms with Crippen molar-refractivity contribution in [2.75, 3.05) is 24.7 Å². The number of sulfonamides is 1. The highest BCUT2D eigenvalue weighted by atomic mass is 35.5. The summed E-state index contributed by atoms with van der Waals surface area (Å²) in [6.45, 7) is 2.11. The van der Waals surface area contributed by atoms with Crippen LogP contribution >= 0.6 is 22.9 Å². The number of hydrogen-bond donors (Lipinski definition) is 0. The predicted octanol–water partition coefficient (Wildman–Crippen LogP) is 4.70. The minimum Gasteiger partial charge on any atom is -0.356 e. The lowest BCUT2D eigenvalue weighted by atomic mass is 10.0. The van der Waals surface area contributed by atoms with E-state index < -0.39 is 10.0 Å². The van der Waals surface area contributed by atoms with Gasteiger partial charge >= 0.3 is 0 Å². The van der Waals surface area contributed by atoms with Gasteiger partial charge in [-0.25, -0.2) is 8.42 Å². The summed E-state index contributed by atoms with van der Waals surface area (Å²) >= 11 is 7.60. The van der Waals surface area contributed by atoms with E-state index in [0.29, 0.717) is 36.3 Å². The first-order chi connectivity index (χ1) is 14.0. The highest BCUT2D eigenvalue weighted by Gasteiger charge is 2.34. The molecule has 5 rings (SSSR count). The molecule has 2 aliphatic rings. The lowest BCUT2D eigenvalue weighted by molar-refractivity contribution is 0.0988. The van der Waals surface area contributed by atoms with Crippen molar-refractivity contribution in [3.05, 3.63) is 58.4 Å². The van der Waals surface area contributed by atoms with Crippen LogP contribution in [0.5, 0.6) is 0 Å². The van der Waals surface area contributed by atoms with Crippen LogP contribution in [0.1, 0.15) is 18.4 Å². The number of thiophene rings is 1. The van der Waals surface area contributed by atoms with Crippen molar-refractivity contribution in [2.24, 2.45) is 0 Å². The van der Waals surface area contributed by atoms with Gasteiger partial charge in [-0.3, -0.25) is 0 Å². The monoisotopic (exact) mass is 448 g/mol. The van der Waals surface area contributed by atoms with E-state index in [1.54, 1.807) is 9.69 Å². The van der Waals surface area contributed by atoms with E-state index in [-0.39, 0.29) is 6.04 Å². The third kappa shape index (κ3) is 3.45. The predicted molar refractivity (Wildman–Crippen MR) is 117 cm³/mol. The van der Waals surface area contributed by atoms with Crippen LogP contribution in [0, 0.1) is 0 Å².